The minimum atomic E-state index is 0. The quantitative estimate of drug-likeness (QED) is 0.434. The van der Waals surface area contributed by atoms with Crippen LogP contribution in [0.3, 0.4) is 0 Å². The molecule has 0 rings (SSSR count). The average Bonchev–Trinajstić information content (AvgIpc) is 0.811. The molecule has 0 unspecified atom stereocenters. The van der Waals surface area contributed by atoms with Crippen molar-refractivity contribution < 1.29 is 4.70 Å². The molecule has 0 aromatic heterocycles. The van der Waals surface area contributed by atoms with Crippen LogP contribution in [0.15, 0.2) is 0 Å². The van der Waals surface area contributed by atoms with Gasteiger partial charge in [-0.25, -0.2) is 0 Å². The van der Waals surface area contributed by atoms with E-state index in [0.717, 1.165) is 0 Å². The summed E-state index contributed by atoms with van der Waals surface area (Å²) < 4.78 is 0. The molecule has 0 aliphatic rings. The van der Waals surface area contributed by atoms with Crippen molar-refractivity contribution in [3.63, 3.8) is 0 Å². The zero-order chi connectivity index (χ0) is 3.58. The van der Waals surface area contributed by atoms with Crippen molar-refractivity contribution in [3.8, 4) is 0 Å². The van der Waals surface area contributed by atoms with Crippen LogP contribution in [0.25, 0.3) is 0 Å². The fraction of sp³-hybridized carbons (Fsp3) is 1.00. The van der Waals surface area contributed by atoms with Gasteiger partial charge in [0, 0.05) is 0 Å². The number of hydrogen-bond donors (Lipinski definition) is 1. The SMILES string of the molecule is CC(C)S.F. The Morgan fingerprint density at radius 1 is 1.40 bits per heavy atom. The first-order chi connectivity index (χ1) is 1.73. The number of thiol groups is 1. The molecule has 0 aliphatic heterocycles. The average molecular weight is 96.2 g/mol. The van der Waals surface area contributed by atoms with Gasteiger partial charge < -0.3 is 0 Å². The highest BCUT2D eigenvalue weighted by Gasteiger charge is 1.69. The van der Waals surface area contributed by atoms with Gasteiger partial charge in [-0.15, -0.1) is 0 Å². The van der Waals surface area contributed by atoms with E-state index >= 15 is 0 Å². The molecular weight excluding hydrogens is 87.1 g/mol. The van der Waals surface area contributed by atoms with E-state index < -0.39 is 0 Å². The van der Waals surface area contributed by atoms with E-state index in [4.69, 9.17) is 0 Å². The third kappa shape index (κ3) is 284. The van der Waals surface area contributed by atoms with Crippen LogP contribution in [0, 0.1) is 0 Å². The predicted octanol–water partition coefficient (Wildman–Crippen LogP) is 1.48. The van der Waals surface area contributed by atoms with Crippen molar-refractivity contribution in [1.82, 2.24) is 0 Å². The van der Waals surface area contributed by atoms with Crippen molar-refractivity contribution in [2.75, 3.05) is 0 Å². The molecule has 0 heterocycles. The topological polar surface area (TPSA) is 0 Å². The second-order valence-electron chi connectivity index (χ2n) is 1.09. The lowest BCUT2D eigenvalue weighted by Crippen LogP contribution is -1.71. The number of halogens is 1. The molecule has 0 N–H and O–H groups in total. The molecule has 2 heteroatoms. The van der Waals surface area contributed by atoms with Crippen LogP contribution in [0.5, 0.6) is 0 Å². The summed E-state index contributed by atoms with van der Waals surface area (Å²) in [5, 5.41) is 0.528. The monoisotopic (exact) mass is 96.0 g/mol. The Bertz CT molecular complexity index is 11.6. The molecular formula is C3H9FS. The van der Waals surface area contributed by atoms with Gasteiger partial charge in [0.15, 0.2) is 0 Å². The van der Waals surface area contributed by atoms with Gasteiger partial charge in [-0.3, -0.25) is 4.70 Å². The normalized spacial score (nSPS) is 7.20. The summed E-state index contributed by atoms with van der Waals surface area (Å²) >= 11 is 3.97. The van der Waals surface area contributed by atoms with E-state index in [0.29, 0.717) is 5.25 Å². The summed E-state index contributed by atoms with van der Waals surface area (Å²) in [5.74, 6) is 0. The summed E-state index contributed by atoms with van der Waals surface area (Å²) in [7, 11) is 0. The molecule has 0 bridgehead atoms. The van der Waals surface area contributed by atoms with Crippen molar-refractivity contribution >= 4 is 12.6 Å². The summed E-state index contributed by atoms with van der Waals surface area (Å²) in [6.07, 6.45) is 0. The summed E-state index contributed by atoms with van der Waals surface area (Å²) in [4.78, 5) is 0. The summed E-state index contributed by atoms with van der Waals surface area (Å²) in [6.45, 7) is 4.06. The zero-order valence-corrected chi connectivity index (χ0v) is 4.33. The summed E-state index contributed by atoms with van der Waals surface area (Å²) in [6, 6.07) is 0. The molecule has 0 spiro atoms. The van der Waals surface area contributed by atoms with Crippen molar-refractivity contribution in [2.45, 2.75) is 19.1 Å². The Labute approximate surface area is 37.4 Å². The Hall–Kier alpha value is 0.280. The molecule has 0 saturated heterocycles. The predicted molar refractivity (Wildman–Crippen MR) is 26.6 cm³/mol. The standard InChI is InChI=1S/C3H8S.FH/c1-3(2)4;/h3-4H,1-2H3;1H. The third-order valence-electron chi connectivity index (χ3n) is 0. The second-order valence-corrected chi connectivity index (χ2v) is 2.13. The van der Waals surface area contributed by atoms with Gasteiger partial charge in [-0.1, -0.05) is 13.8 Å². The minimum absolute atomic E-state index is 0. The molecule has 0 nitrogen and oxygen atoms in total. The maximum Gasteiger partial charge on any atom is -0.00399 e. The highest BCUT2D eigenvalue weighted by atomic mass is 32.1. The molecule has 34 valence electrons. The first-order valence-electron chi connectivity index (χ1n) is 1.41. The number of rotatable bonds is 0. The second kappa shape index (κ2) is 4.28. The fourth-order valence-corrected chi connectivity index (χ4v) is 0. The van der Waals surface area contributed by atoms with Crippen LogP contribution in [0.4, 0.5) is 4.70 Å². The van der Waals surface area contributed by atoms with Crippen molar-refractivity contribution in [1.29, 1.82) is 0 Å². The molecule has 0 amide bonds. The van der Waals surface area contributed by atoms with Gasteiger partial charge in [0.2, 0.25) is 0 Å². The number of hydrogen-bond acceptors (Lipinski definition) is 1. The van der Waals surface area contributed by atoms with Crippen molar-refractivity contribution in [2.24, 2.45) is 0 Å². The van der Waals surface area contributed by atoms with Gasteiger partial charge in [0.25, 0.3) is 0 Å². The Morgan fingerprint density at radius 3 is 1.40 bits per heavy atom. The first kappa shape index (κ1) is 8.99. The highest BCUT2D eigenvalue weighted by Crippen LogP contribution is 1.83. The largest absolute Gasteiger partial charge is 0.269 e. The smallest absolute Gasteiger partial charge is 0.00399 e. The molecule has 0 aliphatic carbocycles. The first-order valence-corrected chi connectivity index (χ1v) is 1.93. The zero-order valence-electron chi connectivity index (χ0n) is 3.43. The molecule has 0 saturated carbocycles. The Morgan fingerprint density at radius 2 is 1.40 bits per heavy atom. The van der Waals surface area contributed by atoms with Gasteiger partial charge in [-0.2, -0.15) is 12.6 Å². The molecule has 0 aromatic rings. The van der Waals surface area contributed by atoms with E-state index in [1.165, 1.54) is 0 Å². The fourth-order valence-electron chi connectivity index (χ4n) is 0. The van der Waals surface area contributed by atoms with Crippen LogP contribution in [-0.4, -0.2) is 5.25 Å². The minimum Gasteiger partial charge on any atom is -0.269 e. The highest BCUT2D eigenvalue weighted by molar-refractivity contribution is 7.80. The van der Waals surface area contributed by atoms with E-state index in [9.17, 15) is 0 Å². The Balaban J connectivity index is 0. The van der Waals surface area contributed by atoms with Crippen LogP contribution in [0.1, 0.15) is 13.8 Å². The van der Waals surface area contributed by atoms with E-state index in [1.807, 2.05) is 13.8 Å². The van der Waals surface area contributed by atoms with E-state index in [2.05, 4.69) is 12.6 Å². The lowest BCUT2D eigenvalue weighted by molar-refractivity contribution is 1.11. The van der Waals surface area contributed by atoms with Crippen LogP contribution < -0.4 is 0 Å². The van der Waals surface area contributed by atoms with Gasteiger partial charge in [-0.05, 0) is 5.25 Å². The van der Waals surface area contributed by atoms with Gasteiger partial charge in [0.1, 0.15) is 0 Å². The molecule has 0 atom stereocenters. The molecule has 5 heavy (non-hydrogen) atoms. The molecule has 0 fully saturated rings. The summed E-state index contributed by atoms with van der Waals surface area (Å²) in [5.41, 5.74) is 0. The lowest BCUT2D eigenvalue weighted by Gasteiger charge is -1.78. The van der Waals surface area contributed by atoms with Crippen molar-refractivity contribution in [3.05, 3.63) is 0 Å². The van der Waals surface area contributed by atoms with Crippen LogP contribution >= 0.6 is 12.6 Å². The maximum atomic E-state index is 3.97. The maximum absolute atomic E-state index is 3.97. The van der Waals surface area contributed by atoms with Crippen LogP contribution in [-0.2, 0) is 0 Å². The Kier molecular flexibility index (Phi) is 7.70. The van der Waals surface area contributed by atoms with Crippen LogP contribution in [0.2, 0.25) is 0 Å². The lowest BCUT2D eigenvalue weighted by atomic mass is 10.6. The van der Waals surface area contributed by atoms with E-state index in [1.54, 1.807) is 0 Å². The molecule has 0 aromatic carbocycles. The third-order valence-corrected chi connectivity index (χ3v) is 0. The van der Waals surface area contributed by atoms with Gasteiger partial charge in [0.05, 0.1) is 0 Å². The molecule has 0 radical (unpaired) electrons. The van der Waals surface area contributed by atoms with E-state index in [-0.39, 0.29) is 4.70 Å². The van der Waals surface area contributed by atoms with Gasteiger partial charge >= 0.3 is 0 Å².